The second-order valence-electron chi connectivity index (χ2n) is 6.52. The van der Waals surface area contributed by atoms with Crippen molar-refractivity contribution in [1.82, 2.24) is 14.7 Å². The Morgan fingerprint density at radius 2 is 1.86 bits per heavy atom. The van der Waals surface area contributed by atoms with Crippen LogP contribution in [0.5, 0.6) is 11.5 Å². The molecule has 148 valence electrons. The smallest absolute Gasteiger partial charge is 0.263 e. The Hall–Kier alpha value is -3.32. The first-order valence-electron chi connectivity index (χ1n) is 9.13. The summed E-state index contributed by atoms with van der Waals surface area (Å²) in [7, 11) is 3.27. The van der Waals surface area contributed by atoms with E-state index in [0.29, 0.717) is 11.4 Å². The average Bonchev–Trinajstić information content (AvgIpc) is 3.31. The Morgan fingerprint density at radius 1 is 1.10 bits per heavy atom. The van der Waals surface area contributed by atoms with Gasteiger partial charge in [0.05, 0.1) is 19.9 Å². The zero-order valence-electron chi connectivity index (χ0n) is 16.4. The number of thiazole rings is 1. The van der Waals surface area contributed by atoms with Crippen molar-refractivity contribution in [2.75, 3.05) is 14.2 Å². The molecule has 4 rings (SSSR count). The van der Waals surface area contributed by atoms with Gasteiger partial charge in [0, 0.05) is 29.6 Å². The zero-order chi connectivity index (χ0) is 20.4. The molecule has 0 aliphatic rings. The van der Waals surface area contributed by atoms with Crippen LogP contribution in [0.25, 0.3) is 16.2 Å². The molecule has 0 unspecified atom stereocenters. The average molecular weight is 407 g/mol. The Kier molecular flexibility index (Phi) is 5.22. The number of hydrogen-bond acceptors (Lipinski definition) is 5. The van der Waals surface area contributed by atoms with Crippen LogP contribution in [-0.2, 0) is 6.54 Å². The van der Waals surface area contributed by atoms with Crippen LogP contribution in [0.15, 0.2) is 54.7 Å². The van der Waals surface area contributed by atoms with Crippen molar-refractivity contribution >= 4 is 22.2 Å². The number of nitrogens with one attached hydrogen (secondary N) is 1. The standard InChI is InChI=1S/C22H21N3O3S/c1-14-20(21(26)23-12-16-6-4-5-7-19(16)28-3)29-22-24-18(13-25(14)22)15-8-10-17(27-2)11-9-15/h4-11,13H,12H2,1-3H3,(H,23,26). The number of methoxy groups -OCH3 is 2. The van der Waals surface area contributed by atoms with Gasteiger partial charge in [-0.25, -0.2) is 4.98 Å². The highest BCUT2D eigenvalue weighted by atomic mass is 32.1. The van der Waals surface area contributed by atoms with Crippen molar-refractivity contribution in [1.29, 1.82) is 0 Å². The maximum Gasteiger partial charge on any atom is 0.263 e. The molecule has 2 aromatic carbocycles. The molecular weight excluding hydrogens is 386 g/mol. The summed E-state index contributed by atoms with van der Waals surface area (Å²) >= 11 is 1.38. The van der Waals surface area contributed by atoms with Gasteiger partial charge in [-0.2, -0.15) is 0 Å². The number of hydrogen-bond donors (Lipinski definition) is 1. The molecule has 0 saturated carbocycles. The predicted octanol–water partition coefficient (Wildman–Crippen LogP) is 4.32. The topological polar surface area (TPSA) is 64.9 Å². The van der Waals surface area contributed by atoms with E-state index in [1.54, 1.807) is 14.2 Å². The number of fused-ring (bicyclic) bond motifs is 1. The number of aromatic nitrogens is 2. The van der Waals surface area contributed by atoms with Crippen LogP contribution in [0.3, 0.4) is 0 Å². The summed E-state index contributed by atoms with van der Waals surface area (Å²) in [6, 6.07) is 15.4. The fourth-order valence-electron chi connectivity index (χ4n) is 3.17. The van der Waals surface area contributed by atoms with Gasteiger partial charge in [-0.1, -0.05) is 29.5 Å². The molecule has 0 aliphatic heterocycles. The van der Waals surface area contributed by atoms with Crippen molar-refractivity contribution in [3.8, 4) is 22.8 Å². The molecule has 0 saturated heterocycles. The van der Waals surface area contributed by atoms with E-state index in [0.717, 1.165) is 39.0 Å². The summed E-state index contributed by atoms with van der Waals surface area (Å²) in [4.78, 5) is 18.9. The molecule has 0 fully saturated rings. The van der Waals surface area contributed by atoms with Crippen LogP contribution in [0.4, 0.5) is 0 Å². The van der Waals surface area contributed by atoms with E-state index in [9.17, 15) is 4.79 Å². The summed E-state index contributed by atoms with van der Waals surface area (Å²) in [6.45, 7) is 2.33. The first-order valence-corrected chi connectivity index (χ1v) is 9.95. The lowest BCUT2D eigenvalue weighted by molar-refractivity contribution is 0.0954. The van der Waals surface area contributed by atoms with E-state index < -0.39 is 0 Å². The molecule has 0 atom stereocenters. The fourth-order valence-corrected chi connectivity index (χ4v) is 4.19. The maximum absolute atomic E-state index is 12.7. The lowest BCUT2D eigenvalue weighted by atomic mass is 10.2. The Bertz CT molecular complexity index is 1160. The van der Waals surface area contributed by atoms with Crippen LogP contribution in [0.1, 0.15) is 20.9 Å². The summed E-state index contributed by atoms with van der Waals surface area (Å²) in [6.07, 6.45) is 1.96. The van der Waals surface area contributed by atoms with Crippen LogP contribution in [-0.4, -0.2) is 29.5 Å². The van der Waals surface area contributed by atoms with Crippen LogP contribution in [0, 0.1) is 6.92 Å². The van der Waals surface area contributed by atoms with E-state index in [4.69, 9.17) is 9.47 Å². The quantitative estimate of drug-likeness (QED) is 0.517. The van der Waals surface area contributed by atoms with E-state index in [2.05, 4.69) is 10.3 Å². The molecule has 4 aromatic rings. The lowest BCUT2D eigenvalue weighted by Gasteiger charge is -2.09. The lowest BCUT2D eigenvalue weighted by Crippen LogP contribution is -2.23. The highest BCUT2D eigenvalue weighted by molar-refractivity contribution is 7.19. The SMILES string of the molecule is COc1ccc(-c2cn3c(C)c(C(=O)NCc4ccccc4OC)sc3n2)cc1. The number of imidazole rings is 1. The van der Waals surface area contributed by atoms with E-state index in [1.165, 1.54) is 11.3 Å². The predicted molar refractivity (Wildman–Crippen MR) is 114 cm³/mol. The molecule has 6 nitrogen and oxygen atoms in total. The van der Waals surface area contributed by atoms with E-state index in [-0.39, 0.29) is 5.91 Å². The number of amides is 1. The van der Waals surface area contributed by atoms with Gasteiger partial charge in [0.15, 0.2) is 4.96 Å². The van der Waals surface area contributed by atoms with Crippen molar-refractivity contribution in [3.05, 3.63) is 70.9 Å². The molecule has 0 aliphatic carbocycles. The number of benzene rings is 2. The monoisotopic (exact) mass is 407 g/mol. The minimum atomic E-state index is -0.116. The highest BCUT2D eigenvalue weighted by Gasteiger charge is 2.18. The molecule has 29 heavy (non-hydrogen) atoms. The second kappa shape index (κ2) is 7.97. The van der Waals surface area contributed by atoms with Gasteiger partial charge in [-0.15, -0.1) is 0 Å². The van der Waals surface area contributed by atoms with Gasteiger partial charge in [-0.05, 0) is 37.3 Å². The largest absolute Gasteiger partial charge is 0.497 e. The summed E-state index contributed by atoms with van der Waals surface area (Å²) < 4.78 is 12.5. The first-order chi connectivity index (χ1) is 14.1. The third-order valence-electron chi connectivity index (χ3n) is 4.78. The summed E-state index contributed by atoms with van der Waals surface area (Å²) in [5, 5.41) is 2.98. The molecule has 0 radical (unpaired) electrons. The van der Waals surface area contributed by atoms with Gasteiger partial charge in [0.25, 0.3) is 5.91 Å². The van der Waals surface area contributed by atoms with Gasteiger partial charge in [0.2, 0.25) is 0 Å². The Labute approximate surface area is 172 Å². The van der Waals surface area contributed by atoms with Crippen LogP contribution < -0.4 is 14.8 Å². The van der Waals surface area contributed by atoms with Crippen molar-refractivity contribution < 1.29 is 14.3 Å². The van der Waals surface area contributed by atoms with E-state index >= 15 is 0 Å². The number of rotatable bonds is 6. The van der Waals surface area contributed by atoms with Gasteiger partial charge in [-0.3, -0.25) is 9.20 Å². The number of nitrogens with zero attached hydrogens (tertiary/aromatic N) is 2. The molecular formula is C22H21N3O3S. The molecule has 2 heterocycles. The first kappa shape index (κ1) is 19.0. The van der Waals surface area contributed by atoms with Gasteiger partial charge in [0.1, 0.15) is 16.4 Å². The Morgan fingerprint density at radius 3 is 2.55 bits per heavy atom. The second-order valence-corrected chi connectivity index (χ2v) is 7.50. The molecule has 1 amide bonds. The van der Waals surface area contributed by atoms with Crippen molar-refractivity contribution in [2.24, 2.45) is 0 Å². The number of carbonyl (C=O) groups is 1. The molecule has 0 spiro atoms. The van der Waals surface area contributed by atoms with Crippen molar-refractivity contribution in [3.63, 3.8) is 0 Å². The normalized spacial score (nSPS) is 10.9. The third kappa shape index (κ3) is 3.69. The van der Waals surface area contributed by atoms with Crippen LogP contribution in [0.2, 0.25) is 0 Å². The Balaban J connectivity index is 1.54. The molecule has 0 bridgehead atoms. The minimum absolute atomic E-state index is 0.116. The molecule has 7 heteroatoms. The molecule has 1 N–H and O–H groups in total. The van der Waals surface area contributed by atoms with Gasteiger partial charge >= 0.3 is 0 Å². The minimum Gasteiger partial charge on any atom is -0.497 e. The highest BCUT2D eigenvalue weighted by Crippen LogP contribution is 2.28. The van der Waals surface area contributed by atoms with E-state index in [1.807, 2.05) is 66.1 Å². The fraction of sp³-hybridized carbons (Fsp3) is 0.182. The third-order valence-corrected chi connectivity index (χ3v) is 5.94. The van der Waals surface area contributed by atoms with Crippen molar-refractivity contribution in [2.45, 2.75) is 13.5 Å². The van der Waals surface area contributed by atoms with Gasteiger partial charge < -0.3 is 14.8 Å². The zero-order valence-corrected chi connectivity index (χ0v) is 17.2. The maximum atomic E-state index is 12.7. The summed E-state index contributed by atoms with van der Waals surface area (Å²) in [5.41, 5.74) is 3.67. The summed E-state index contributed by atoms with van der Waals surface area (Å²) in [5.74, 6) is 1.45. The number of para-hydroxylation sites is 1. The number of carbonyl (C=O) groups excluding carboxylic acids is 1. The number of aryl methyl sites for hydroxylation is 1. The number of ether oxygens (including phenoxy) is 2. The van der Waals surface area contributed by atoms with Crippen LogP contribution >= 0.6 is 11.3 Å². The molecule has 2 aromatic heterocycles.